The number of rotatable bonds is 6. The highest BCUT2D eigenvalue weighted by atomic mass is 79.9. The zero-order valence-corrected chi connectivity index (χ0v) is 14.8. The highest BCUT2D eigenvalue weighted by Gasteiger charge is 2.10. The molecule has 0 radical (unpaired) electrons. The molecule has 2 aromatic rings. The van der Waals surface area contributed by atoms with Crippen LogP contribution in [0.25, 0.3) is 0 Å². The van der Waals surface area contributed by atoms with Crippen molar-refractivity contribution in [2.24, 2.45) is 0 Å². The molecule has 21 heavy (non-hydrogen) atoms. The molecule has 1 nitrogen and oxygen atoms in total. The molecule has 0 aromatic heterocycles. The second kappa shape index (κ2) is 7.98. The van der Waals surface area contributed by atoms with Crippen LogP contribution in [-0.2, 0) is 12.8 Å². The summed E-state index contributed by atoms with van der Waals surface area (Å²) in [5.41, 5.74) is 3.90. The second-order valence-corrected chi connectivity index (χ2v) is 6.77. The van der Waals surface area contributed by atoms with Crippen molar-refractivity contribution in [2.45, 2.75) is 32.2 Å². The van der Waals surface area contributed by atoms with E-state index in [2.05, 4.69) is 58.5 Å². The summed E-state index contributed by atoms with van der Waals surface area (Å²) in [6.45, 7) is 2.12. The van der Waals surface area contributed by atoms with Gasteiger partial charge in [-0.15, -0.1) is 0 Å². The summed E-state index contributed by atoms with van der Waals surface area (Å²) in [5, 5.41) is 4.24. The van der Waals surface area contributed by atoms with Gasteiger partial charge in [-0.1, -0.05) is 63.4 Å². The molecule has 0 saturated heterocycles. The van der Waals surface area contributed by atoms with Gasteiger partial charge in [-0.2, -0.15) is 0 Å². The lowest BCUT2D eigenvalue weighted by molar-refractivity contribution is 0.520. The number of nitrogens with one attached hydrogen (secondary N) is 1. The van der Waals surface area contributed by atoms with E-state index in [4.69, 9.17) is 11.6 Å². The van der Waals surface area contributed by atoms with E-state index in [1.54, 1.807) is 0 Å². The summed E-state index contributed by atoms with van der Waals surface area (Å²) in [6, 6.07) is 15.3. The second-order valence-electron chi connectivity index (χ2n) is 5.45. The lowest BCUT2D eigenvalue weighted by atomic mass is 9.99. The Balaban J connectivity index is 1.95. The minimum absolute atomic E-state index is 0.435. The Morgan fingerprint density at radius 1 is 1.14 bits per heavy atom. The van der Waals surface area contributed by atoms with Gasteiger partial charge < -0.3 is 5.32 Å². The Hall–Kier alpha value is -0.830. The standard InChI is InChI=1S/C18H21BrClN/c1-13-3-5-14(6-4-13)7-10-17(21-2)11-15-8-9-16(19)12-18(15)20/h3-6,8-9,12,17,21H,7,10-11H2,1-2H3. The van der Waals surface area contributed by atoms with Crippen molar-refractivity contribution in [1.82, 2.24) is 5.32 Å². The Labute approximate surface area is 140 Å². The van der Waals surface area contributed by atoms with Crippen LogP contribution in [0.3, 0.4) is 0 Å². The normalized spacial score (nSPS) is 12.4. The number of likely N-dealkylation sites (N-methyl/N-ethyl adjacent to an activating group) is 1. The summed E-state index contributed by atoms with van der Waals surface area (Å²) in [4.78, 5) is 0. The first kappa shape index (κ1) is 16.5. The number of aryl methyl sites for hydroxylation is 2. The molecule has 2 aromatic carbocycles. The summed E-state index contributed by atoms with van der Waals surface area (Å²) in [5.74, 6) is 0. The van der Waals surface area contributed by atoms with E-state index in [1.165, 1.54) is 16.7 Å². The van der Waals surface area contributed by atoms with Crippen molar-refractivity contribution in [2.75, 3.05) is 7.05 Å². The van der Waals surface area contributed by atoms with Crippen LogP contribution < -0.4 is 5.32 Å². The van der Waals surface area contributed by atoms with Gasteiger partial charge in [0.15, 0.2) is 0 Å². The van der Waals surface area contributed by atoms with Gasteiger partial charge in [0.2, 0.25) is 0 Å². The maximum Gasteiger partial charge on any atom is 0.0449 e. The third-order valence-corrected chi connectivity index (χ3v) is 4.64. The van der Waals surface area contributed by atoms with Crippen molar-refractivity contribution in [3.8, 4) is 0 Å². The summed E-state index contributed by atoms with van der Waals surface area (Å²) in [6.07, 6.45) is 3.14. The van der Waals surface area contributed by atoms with E-state index in [0.717, 1.165) is 28.8 Å². The van der Waals surface area contributed by atoms with Gasteiger partial charge in [-0.3, -0.25) is 0 Å². The molecular weight excluding hydrogens is 346 g/mol. The van der Waals surface area contributed by atoms with Crippen molar-refractivity contribution in [3.63, 3.8) is 0 Å². The molecule has 1 unspecified atom stereocenters. The number of halogens is 2. The molecular formula is C18H21BrClN. The van der Waals surface area contributed by atoms with Gasteiger partial charge >= 0.3 is 0 Å². The first-order valence-electron chi connectivity index (χ1n) is 7.25. The predicted octanol–water partition coefficient (Wildman–Crippen LogP) is 5.17. The van der Waals surface area contributed by atoms with E-state index < -0.39 is 0 Å². The largest absolute Gasteiger partial charge is 0.317 e. The Morgan fingerprint density at radius 2 is 1.86 bits per heavy atom. The van der Waals surface area contributed by atoms with Gasteiger partial charge in [0.05, 0.1) is 0 Å². The van der Waals surface area contributed by atoms with E-state index in [-0.39, 0.29) is 0 Å². The van der Waals surface area contributed by atoms with Crippen LogP contribution in [0.15, 0.2) is 46.9 Å². The molecule has 0 bridgehead atoms. The Bertz CT molecular complexity index is 580. The monoisotopic (exact) mass is 365 g/mol. The predicted molar refractivity (Wildman–Crippen MR) is 95.2 cm³/mol. The number of hydrogen-bond donors (Lipinski definition) is 1. The average molecular weight is 367 g/mol. The molecule has 0 spiro atoms. The van der Waals surface area contributed by atoms with Crippen LogP contribution in [0.2, 0.25) is 5.02 Å². The molecule has 3 heteroatoms. The number of benzene rings is 2. The van der Waals surface area contributed by atoms with Crippen LogP contribution in [0, 0.1) is 6.92 Å². The minimum atomic E-state index is 0.435. The summed E-state index contributed by atoms with van der Waals surface area (Å²) in [7, 11) is 2.02. The van der Waals surface area contributed by atoms with Gasteiger partial charge in [0.1, 0.15) is 0 Å². The Kier molecular flexibility index (Phi) is 6.28. The third-order valence-electron chi connectivity index (χ3n) is 3.79. The highest BCUT2D eigenvalue weighted by molar-refractivity contribution is 9.10. The highest BCUT2D eigenvalue weighted by Crippen LogP contribution is 2.23. The van der Waals surface area contributed by atoms with Crippen LogP contribution in [0.5, 0.6) is 0 Å². The lowest BCUT2D eigenvalue weighted by Crippen LogP contribution is -2.28. The van der Waals surface area contributed by atoms with Gasteiger partial charge in [-0.05, 0) is 56.5 Å². The smallest absolute Gasteiger partial charge is 0.0449 e. The molecule has 0 fully saturated rings. The summed E-state index contributed by atoms with van der Waals surface area (Å²) >= 11 is 9.75. The molecule has 0 aliphatic carbocycles. The van der Waals surface area contributed by atoms with E-state index in [0.29, 0.717) is 6.04 Å². The van der Waals surface area contributed by atoms with Crippen LogP contribution in [0.4, 0.5) is 0 Å². The topological polar surface area (TPSA) is 12.0 Å². The van der Waals surface area contributed by atoms with E-state index in [1.807, 2.05) is 19.2 Å². The first-order chi connectivity index (χ1) is 10.1. The maximum absolute atomic E-state index is 6.31. The minimum Gasteiger partial charge on any atom is -0.317 e. The Morgan fingerprint density at radius 3 is 2.48 bits per heavy atom. The average Bonchev–Trinajstić information content (AvgIpc) is 2.47. The molecule has 0 saturated carbocycles. The zero-order valence-electron chi connectivity index (χ0n) is 12.5. The fraction of sp³-hybridized carbons (Fsp3) is 0.333. The van der Waals surface area contributed by atoms with Gasteiger partial charge in [0, 0.05) is 15.5 Å². The van der Waals surface area contributed by atoms with Crippen LogP contribution >= 0.6 is 27.5 Å². The molecule has 112 valence electrons. The zero-order chi connectivity index (χ0) is 15.2. The first-order valence-corrected chi connectivity index (χ1v) is 8.42. The van der Waals surface area contributed by atoms with Gasteiger partial charge in [0.25, 0.3) is 0 Å². The van der Waals surface area contributed by atoms with Crippen molar-refractivity contribution < 1.29 is 0 Å². The molecule has 0 amide bonds. The fourth-order valence-electron chi connectivity index (χ4n) is 2.40. The molecule has 2 rings (SSSR count). The van der Waals surface area contributed by atoms with Crippen molar-refractivity contribution in [1.29, 1.82) is 0 Å². The van der Waals surface area contributed by atoms with Crippen LogP contribution in [0.1, 0.15) is 23.1 Å². The SMILES string of the molecule is CNC(CCc1ccc(C)cc1)Cc1ccc(Br)cc1Cl. The van der Waals surface area contributed by atoms with E-state index in [9.17, 15) is 0 Å². The molecule has 1 atom stereocenters. The maximum atomic E-state index is 6.31. The summed E-state index contributed by atoms with van der Waals surface area (Å²) < 4.78 is 1.02. The van der Waals surface area contributed by atoms with E-state index >= 15 is 0 Å². The van der Waals surface area contributed by atoms with Crippen molar-refractivity contribution >= 4 is 27.5 Å². The quantitative estimate of drug-likeness (QED) is 0.743. The number of hydrogen-bond acceptors (Lipinski definition) is 1. The molecule has 0 aliphatic heterocycles. The van der Waals surface area contributed by atoms with Crippen molar-refractivity contribution in [3.05, 3.63) is 68.7 Å². The molecule has 1 N–H and O–H groups in total. The fourth-order valence-corrected chi connectivity index (χ4v) is 3.15. The molecule has 0 aliphatic rings. The lowest BCUT2D eigenvalue weighted by Gasteiger charge is -2.17. The third kappa shape index (κ3) is 5.14. The van der Waals surface area contributed by atoms with Crippen LogP contribution in [-0.4, -0.2) is 13.1 Å². The van der Waals surface area contributed by atoms with Gasteiger partial charge in [-0.25, -0.2) is 0 Å². The molecule has 0 heterocycles.